The maximum absolute atomic E-state index is 5.05. The Kier molecular flexibility index (Phi) is 5.34. The van der Waals surface area contributed by atoms with Gasteiger partial charge in [0, 0.05) is 51.2 Å². The second-order valence-corrected chi connectivity index (χ2v) is 5.29. The number of hydrogen-bond acceptors (Lipinski definition) is 6. The first-order valence-corrected chi connectivity index (χ1v) is 7.39. The maximum Gasteiger partial charge on any atom is 0.205 e. The van der Waals surface area contributed by atoms with Gasteiger partial charge in [0.05, 0.1) is 6.61 Å². The highest BCUT2D eigenvalue weighted by molar-refractivity contribution is 7.09. The van der Waals surface area contributed by atoms with E-state index in [1.54, 1.807) is 7.11 Å². The van der Waals surface area contributed by atoms with Crippen LogP contribution in [0.4, 0.5) is 5.13 Å². The second kappa shape index (κ2) is 7.01. The SMILES string of the molecule is CCCN1CCN(c2nc(CCOC)ns2)CC1. The standard InChI is InChI=1S/C12H22N4OS/c1-3-5-15-6-8-16(9-7-15)12-13-11(14-18-12)4-10-17-2/h3-10H2,1-2H3. The molecule has 102 valence electrons. The Balaban J connectivity index is 1.83. The first kappa shape index (κ1) is 13.7. The molecular weight excluding hydrogens is 248 g/mol. The zero-order chi connectivity index (χ0) is 12.8. The molecule has 2 heterocycles. The Bertz CT molecular complexity index is 350. The van der Waals surface area contributed by atoms with Crippen LogP contribution in [0.2, 0.25) is 0 Å². The van der Waals surface area contributed by atoms with Gasteiger partial charge in [0.2, 0.25) is 5.13 Å². The Morgan fingerprint density at radius 2 is 2.06 bits per heavy atom. The van der Waals surface area contributed by atoms with Gasteiger partial charge in [-0.15, -0.1) is 0 Å². The van der Waals surface area contributed by atoms with Crippen LogP contribution in [0.3, 0.4) is 0 Å². The van der Waals surface area contributed by atoms with E-state index >= 15 is 0 Å². The van der Waals surface area contributed by atoms with Gasteiger partial charge in [0.15, 0.2) is 0 Å². The molecule has 0 aliphatic carbocycles. The van der Waals surface area contributed by atoms with Crippen LogP contribution in [0, 0.1) is 0 Å². The topological polar surface area (TPSA) is 41.5 Å². The lowest BCUT2D eigenvalue weighted by atomic mass is 10.3. The minimum absolute atomic E-state index is 0.695. The normalized spacial score (nSPS) is 17.3. The number of nitrogens with zero attached hydrogens (tertiary/aromatic N) is 4. The predicted octanol–water partition coefficient (Wildman–Crippen LogP) is 1.26. The van der Waals surface area contributed by atoms with Crippen LogP contribution >= 0.6 is 11.5 Å². The summed E-state index contributed by atoms with van der Waals surface area (Å²) in [5, 5.41) is 1.07. The molecule has 1 aromatic heterocycles. The monoisotopic (exact) mass is 270 g/mol. The van der Waals surface area contributed by atoms with Gasteiger partial charge in [-0.2, -0.15) is 4.37 Å². The lowest BCUT2D eigenvalue weighted by molar-refractivity contribution is 0.201. The molecule has 0 N–H and O–H groups in total. The molecule has 1 fully saturated rings. The van der Waals surface area contributed by atoms with Crippen molar-refractivity contribution < 1.29 is 4.74 Å². The van der Waals surface area contributed by atoms with E-state index in [1.807, 2.05) is 0 Å². The van der Waals surface area contributed by atoms with Gasteiger partial charge in [0.1, 0.15) is 5.82 Å². The average Bonchev–Trinajstić information content (AvgIpc) is 2.86. The first-order valence-electron chi connectivity index (χ1n) is 6.62. The smallest absolute Gasteiger partial charge is 0.205 e. The van der Waals surface area contributed by atoms with Gasteiger partial charge in [-0.25, -0.2) is 4.98 Å². The third kappa shape index (κ3) is 3.63. The third-order valence-electron chi connectivity index (χ3n) is 3.17. The number of aromatic nitrogens is 2. The Morgan fingerprint density at radius 1 is 1.28 bits per heavy atom. The van der Waals surface area contributed by atoms with Crippen molar-refractivity contribution in [1.29, 1.82) is 0 Å². The molecule has 0 radical (unpaired) electrons. The molecule has 1 saturated heterocycles. The van der Waals surface area contributed by atoms with Crippen LogP contribution in [0.25, 0.3) is 0 Å². The summed E-state index contributed by atoms with van der Waals surface area (Å²) in [6.45, 7) is 8.56. The van der Waals surface area contributed by atoms with E-state index in [0.717, 1.165) is 43.6 Å². The highest BCUT2D eigenvalue weighted by Crippen LogP contribution is 2.19. The van der Waals surface area contributed by atoms with Crippen LogP contribution in [-0.4, -0.2) is 60.7 Å². The molecule has 0 unspecified atom stereocenters. The molecule has 0 saturated carbocycles. The van der Waals surface area contributed by atoms with Crippen molar-refractivity contribution >= 4 is 16.7 Å². The lowest BCUT2D eigenvalue weighted by Crippen LogP contribution is -2.46. The first-order chi connectivity index (χ1) is 8.83. The van der Waals surface area contributed by atoms with E-state index in [4.69, 9.17) is 4.74 Å². The van der Waals surface area contributed by atoms with Crippen molar-refractivity contribution in [2.75, 3.05) is 51.3 Å². The second-order valence-electron chi connectivity index (χ2n) is 4.56. The summed E-state index contributed by atoms with van der Waals surface area (Å²) in [5.74, 6) is 0.910. The molecule has 18 heavy (non-hydrogen) atoms. The molecule has 0 amide bonds. The zero-order valence-corrected chi connectivity index (χ0v) is 12.1. The van der Waals surface area contributed by atoms with Crippen LogP contribution < -0.4 is 4.90 Å². The van der Waals surface area contributed by atoms with Gasteiger partial charge < -0.3 is 9.64 Å². The minimum Gasteiger partial charge on any atom is -0.384 e. The Hall–Kier alpha value is -0.720. The van der Waals surface area contributed by atoms with Crippen molar-refractivity contribution in [3.05, 3.63) is 5.82 Å². The van der Waals surface area contributed by atoms with Crippen molar-refractivity contribution in [3.63, 3.8) is 0 Å². The van der Waals surface area contributed by atoms with E-state index in [-0.39, 0.29) is 0 Å². The highest BCUT2D eigenvalue weighted by atomic mass is 32.1. The van der Waals surface area contributed by atoms with Crippen molar-refractivity contribution in [1.82, 2.24) is 14.3 Å². The lowest BCUT2D eigenvalue weighted by Gasteiger charge is -2.34. The van der Waals surface area contributed by atoms with Gasteiger partial charge in [-0.1, -0.05) is 6.92 Å². The van der Waals surface area contributed by atoms with Gasteiger partial charge in [-0.3, -0.25) is 4.90 Å². The van der Waals surface area contributed by atoms with E-state index in [2.05, 4.69) is 26.1 Å². The summed E-state index contributed by atoms with van der Waals surface area (Å²) < 4.78 is 9.43. The van der Waals surface area contributed by atoms with Crippen molar-refractivity contribution in [3.8, 4) is 0 Å². The van der Waals surface area contributed by atoms with E-state index < -0.39 is 0 Å². The van der Waals surface area contributed by atoms with E-state index in [9.17, 15) is 0 Å². The summed E-state index contributed by atoms with van der Waals surface area (Å²) in [5.41, 5.74) is 0. The number of anilines is 1. The fraction of sp³-hybridized carbons (Fsp3) is 0.833. The number of ether oxygens (including phenoxy) is 1. The molecule has 5 nitrogen and oxygen atoms in total. The molecule has 0 atom stereocenters. The molecule has 1 aliphatic heterocycles. The summed E-state index contributed by atoms with van der Waals surface area (Å²) in [4.78, 5) is 9.44. The fourth-order valence-electron chi connectivity index (χ4n) is 2.15. The summed E-state index contributed by atoms with van der Waals surface area (Å²) in [6, 6.07) is 0. The van der Waals surface area contributed by atoms with Gasteiger partial charge in [-0.05, 0) is 13.0 Å². The Morgan fingerprint density at radius 3 is 2.72 bits per heavy atom. The predicted molar refractivity (Wildman–Crippen MR) is 74.4 cm³/mol. The van der Waals surface area contributed by atoms with Crippen molar-refractivity contribution in [2.24, 2.45) is 0 Å². The largest absolute Gasteiger partial charge is 0.384 e. The van der Waals surface area contributed by atoms with Gasteiger partial charge >= 0.3 is 0 Å². The number of piperazine rings is 1. The highest BCUT2D eigenvalue weighted by Gasteiger charge is 2.19. The van der Waals surface area contributed by atoms with E-state index in [0.29, 0.717) is 6.61 Å². The number of methoxy groups -OCH3 is 1. The molecule has 0 aromatic carbocycles. The minimum atomic E-state index is 0.695. The number of rotatable bonds is 6. The molecular formula is C12H22N4OS. The third-order valence-corrected chi connectivity index (χ3v) is 3.98. The van der Waals surface area contributed by atoms with Crippen LogP contribution in [0.15, 0.2) is 0 Å². The maximum atomic E-state index is 5.05. The molecule has 0 bridgehead atoms. The quantitative estimate of drug-likeness (QED) is 0.778. The average molecular weight is 270 g/mol. The number of hydrogen-bond donors (Lipinski definition) is 0. The molecule has 1 aliphatic rings. The summed E-state index contributed by atoms with van der Waals surface area (Å²) in [7, 11) is 1.71. The van der Waals surface area contributed by atoms with Crippen LogP contribution in [0.1, 0.15) is 19.2 Å². The van der Waals surface area contributed by atoms with E-state index in [1.165, 1.54) is 24.5 Å². The van der Waals surface area contributed by atoms with Crippen molar-refractivity contribution in [2.45, 2.75) is 19.8 Å². The molecule has 0 spiro atoms. The molecule has 1 aromatic rings. The molecule has 6 heteroatoms. The van der Waals surface area contributed by atoms with Crippen LogP contribution in [0.5, 0.6) is 0 Å². The van der Waals surface area contributed by atoms with Crippen LogP contribution in [-0.2, 0) is 11.2 Å². The zero-order valence-electron chi connectivity index (χ0n) is 11.3. The van der Waals surface area contributed by atoms with Gasteiger partial charge in [0.25, 0.3) is 0 Å². The fourth-order valence-corrected chi connectivity index (χ4v) is 2.91. The summed E-state index contributed by atoms with van der Waals surface area (Å²) >= 11 is 1.51. The Labute approximate surface area is 113 Å². The summed E-state index contributed by atoms with van der Waals surface area (Å²) in [6.07, 6.45) is 2.04. The molecule has 2 rings (SSSR count).